The number of anilines is 1. The average molecular weight is 378 g/mol. The summed E-state index contributed by atoms with van der Waals surface area (Å²) in [5, 5.41) is 21.3. The van der Waals surface area contributed by atoms with E-state index in [1.54, 1.807) is 18.2 Å². The SMILES string of the molecule is CN(C)CCCN(C(=O)c1cc([N+](=O)[O-])ccc1Cl)c1ccccc1O. The highest BCUT2D eigenvalue weighted by Crippen LogP contribution is 2.30. The van der Waals surface area contributed by atoms with E-state index in [2.05, 4.69) is 0 Å². The molecule has 0 aliphatic heterocycles. The van der Waals surface area contributed by atoms with Gasteiger partial charge in [0.1, 0.15) is 5.75 Å². The number of hydrogen-bond acceptors (Lipinski definition) is 5. The van der Waals surface area contributed by atoms with Crippen LogP contribution in [-0.4, -0.2) is 48.0 Å². The number of nitrogens with zero attached hydrogens (tertiary/aromatic N) is 3. The van der Waals surface area contributed by atoms with Gasteiger partial charge >= 0.3 is 0 Å². The lowest BCUT2D eigenvalue weighted by molar-refractivity contribution is -0.384. The first kappa shape index (κ1) is 19.7. The second kappa shape index (κ2) is 8.64. The number of nitro groups is 1. The van der Waals surface area contributed by atoms with Crippen LogP contribution in [0.4, 0.5) is 11.4 Å². The van der Waals surface area contributed by atoms with Gasteiger partial charge in [0.25, 0.3) is 11.6 Å². The van der Waals surface area contributed by atoms with Crippen LogP contribution >= 0.6 is 11.6 Å². The summed E-state index contributed by atoms with van der Waals surface area (Å²) in [6.07, 6.45) is 0.652. The topological polar surface area (TPSA) is 86.9 Å². The lowest BCUT2D eigenvalue weighted by Crippen LogP contribution is -2.33. The Labute approximate surface area is 156 Å². The van der Waals surface area contributed by atoms with Gasteiger partial charge in [-0.2, -0.15) is 0 Å². The van der Waals surface area contributed by atoms with E-state index in [1.807, 2.05) is 19.0 Å². The van der Waals surface area contributed by atoms with Gasteiger partial charge in [0.2, 0.25) is 0 Å². The summed E-state index contributed by atoms with van der Waals surface area (Å²) in [4.78, 5) is 26.9. The lowest BCUT2D eigenvalue weighted by Gasteiger charge is -2.25. The van der Waals surface area contributed by atoms with Crippen molar-refractivity contribution in [3.63, 3.8) is 0 Å². The van der Waals surface area contributed by atoms with Crippen LogP contribution in [0.5, 0.6) is 5.75 Å². The Kier molecular flexibility index (Phi) is 6.54. The maximum Gasteiger partial charge on any atom is 0.270 e. The fourth-order valence-electron chi connectivity index (χ4n) is 2.50. The molecular formula is C18H20ClN3O4. The molecule has 1 amide bonds. The highest BCUT2D eigenvalue weighted by molar-refractivity contribution is 6.34. The standard InChI is InChI=1S/C18H20ClN3O4/c1-20(2)10-5-11-21(16-6-3-4-7-17(16)23)18(24)14-12-13(22(25)26)8-9-15(14)19/h3-4,6-9,12,23H,5,10-11H2,1-2H3. The number of aromatic hydroxyl groups is 1. The molecule has 0 aliphatic rings. The summed E-state index contributed by atoms with van der Waals surface area (Å²) in [7, 11) is 3.84. The number of amides is 1. The number of hydrogen-bond donors (Lipinski definition) is 1. The van der Waals surface area contributed by atoms with Crippen molar-refractivity contribution in [2.45, 2.75) is 6.42 Å². The Bertz CT molecular complexity index is 811. The van der Waals surface area contributed by atoms with Crippen LogP contribution in [0.3, 0.4) is 0 Å². The van der Waals surface area contributed by atoms with Gasteiger partial charge in [-0.1, -0.05) is 23.7 Å². The molecule has 0 bridgehead atoms. The van der Waals surface area contributed by atoms with E-state index in [-0.39, 0.29) is 22.0 Å². The van der Waals surface area contributed by atoms with Crippen molar-refractivity contribution in [2.24, 2.45) is 0 Å². The first-order valence-corrected chi connectivity index (χ1v) is 8.37. The molecule has 0 atom stereocenters. The van der Waals surface area contributed by atoms with E-state index in [1.165, 1.54) is 23.1 Å². The molecule has 0 radical (unpaired) electrons. The van der Waals surface area contributed by atoms with Crippen LogP contribution in [0.15, 0.2) is 42.5 Å². The van der Waals surface area contributed by atoms with Crippen molar-refractivity contribution < 1.29 is 14.8 Å². The van der Waals surface area contributed by atoms with E-state index in [4.69, 9.17) is 11.6 Å². The van der Waals surface area contributed by atoms with E-state index in [0.717, 1.165) is 12.6 Å². The average Bonchev–Trinajstić information content (AvgIpc) is 2.59. The molecule has 0 aromatic heterocycles. The highest BCUT2D eigenvalue weighted by Gasteiger charge is 2.24. The minimum Gasteiger partial charge on any atom is -0.506 e. The van der Waals surface area contributed by atoms with Gasteiger partial charge in [-0.05, 0) is 45.3 Å². The Morgan fingerprint density at radius 1 is 1.19 bits per heavy atom. The molecule has 0 heterocycles. The Hall–Kier alpha value is -2.64. The molecular weight excluding hydrogens is 358 g/mol. The first-order valence-electron chi connectivity index (χ1n) is 7.99. The molecule has 0 unspecified atom stereocenters. The number of phenols is 1. The summed E-state index contributed by atoms with van der Waals surface area (Å²) in [6.45, 7) is 1.06. The Balaban J connectivity index is 2.41. The number of benzene rings is 2. The van der Waals surface area contributed by atoms with Crippen LogP contribution in [0, 0.1) is 10.1 Å². The summed E-state index contributed by atoms with van der Waals surface area (Å²) in [5.74, 6) is -0.550. The molecule has 0 saturated heterocycles. The fraction of sp³-hybridized carbons (Fsp3) is 0.278. The van der Waals surface area contributed by atoms with Crippen molar-refractivity contribution in [3.05, 3.63) is 63.2 Å². The number of phenolic OH excluding ortho intramolecular Hbond substituents is 1. The quantitative estimate of drug-likeness (QED) is 0.589. The van der Waals surface area contributed by atoms with E-state index < -0.39 is 10.8 Å². The second-order valence-electron chi connectivity index (χ2n) is 6.02. The normalized spacial score (nSPS) is 10.8. The lowest BCUT2D eigenvalue weighted by atomic mass is 10.1. The van der Waals surface area contributed by atoms with Crippen LogP contribution in [0.1, 0.15) is 16.8 Å². The van der Waals surface area contributed by atoms with Gasteiger partial charge in [0.05, 0.1) is 21.2 Å². The summed E-state index contributed by atoms with van der Waals surface area (Å²) in [6, 6.07) is 10.2. The minimum absolute atomic E-state index is 0.0222. The number of carbonyl (C=O) groups excluding carboxylic acids is 1. The molecule has 138 valence electrons. The van der Waals surface area contributed by atoms with E-state index >= 15 is 0 Å². The smallest absolute Gasteiger partial charge is 0.270 e. The molecule has 2 aromatic carbocycles. The van der Waals surface area contributed by atoms with Gasteiger partial charge in [-0.3, -0.25) is 14.9 Å². The van der Waals surface area contributed by atoms with Crippen LogP contribution < -0.4 is 4.90 Å². The molecule has 0 fully saturated rings. The predicted molar refractivity (Wildman–Crippen MR) is 101 cm³/mol. The van der Waals surface area contributed by atoms with Crippen LogP contribution in [0.25, 0.3) is 0 Å². The number of nitro benzene ring substituents is 1. The van der Waals surface area contributed by atoms with E-state index in [9.17, 15) is 20.0 Å². The molecule has 1 N–H and O–H groups in total. The molecule has 8 heteroatoms. The summed E-state index contributed by atoms with van der Waals surface area (Å²) in [5.41, 5.74) is 0.135. The van der Waals surface area contributed by atoms with Gasteiger partial charge in [-0.15, -0.1) is 0 Å². The minimum atomic E-state index is -0.580. The highest BCUT2D eigenvalue weighted by atomic mass is 35.5. The third-order valence-corrected chi connectivity index (χ3v) is 4.13. The summed E-state index contributed by atoms with van der Waals surface area (Å²) >= 11 is 6.11. The first-order chi connectivity index (χ1) is 12.3. The molecule has 0 aliphatic carbocycles. The van der Waals surface area contributed by atoms with E-state index in [0.29, 0.717) is 18.7 Å². The zero-order valence-corrected chi connectivity index (χ0v) is 15.3. The van der Waals surface area contributed by atoms with Gasteiger partial charge < -0.3 is 14.9 Å². The van der Waals surface area contributed by atoms with Crippen molar-refractivity contribution in [1.29, 1.82) is 0 Å². The van der Waals surface area contributed by atoms with Crippen molar-refractivity contribution >= 4 is 28.9 Å². The van der Waals surface area contributed by atoms with Crippen LogP contribution in [-0.2, 0) is 0 Å². The Morgan fingerprint density at radius 3 is 2.50 bits per heavy atom. The largest absolute Gasteiger partial charge is 0.506 e. The molecule has 26 heavy (non-hydrogen) atoms. The third-order valence-electron chi connectivity index (χ3n) is 3.80. The third kappa shape index (κ3) is 4.71. The van der Waals surface area contributed by atoms with Gasteiger partial charge in [-0.25, -0.2) is 0 Å². The predicted octanol–water partition coefficient (Wildman–Crippen LogP) is 3.55. The number of halogens is 1. The van der Waals surface area contributed by atoms with Crippen molar-refractivity contribution in [3.8, 4) is 5.75 Å². The van der Waals surface area contributed by atoms with Crippen LogP contribution in [0.2, 0.25) is 5.02 Å². The summed E-state index contributed by atoms with van der Waals surface area (Å²) < 4.78 is 0. The van der Waals surface area contributed by atoms with Gasteiger partial charge in [0, 0.05) is 18.7 Å². The zero-order valence-electron chi connectivity index (χ0n) is 14.6. The molecule has 2 rings (SSSR count). The molecule has 7 nitrogen and oxygen atoms in total. The number of non-ortho nitro benzene ring substituents is 1. The maximum atomic E-state index is 13.1. The van der Waals surface area contributed by atoms with Crippen molar-refractivity contribution in [2.75, 3.05) is 32.1 Å². The monoisotopic (exact) mass is 377 g/mol. The molecule has 2 aromatic rings. The Morgan fingerprint density at radius 2 is 1.88 bits per heavy atom. The number of carbonyl (C=O) groups is 1. The molecule has 0 saturated carbocycles. The zero-order chi connectivity index (χ0) is 19.3. The number of rotatable bonds is 7. The number of para-hydroxylation sites is 2. The van der Waals surface area contributed by atoms with Gasteiger partial charge in [0.15, 0.2) is 0 Å². The fourth-order valence-corrected chi connectivity index (χ4v) is 2.70. The maximum absolute atomic E-state index is 13.1. The molecule has 0 spiro atoms. The van der Waals surface area contributed by atoms with Crippen molar-refractivity contribution in [1.82, 2.24) is 4.90 Å². The second-order valence-corrected chi connectivity index (χ2v) is 6.43.